The van der Waals surface area contributed by atoms with Crippen LogP contribution in [0.2, 0.25) is 0 Å². The quantitative estimate of drug-likeness (QED) is 0.744. The minimum absolute atomic E-state index is 0.360. The predicted octanol–water partition coefficient (Wildman–Crippen LogP) is 3.28. The van der Waals surface area contributed by atoms with Crippen LogP contribution in [0.4, 0.5) is 0 Å². The Morgan fingerprint density at radius 2 is 1.50 bits per heavy atom. The van der Waals surface area contributed by atoms with Gasteiger partial charge in [-0.2, -0.15) is 0 Å². The lowest BCUT2D eigenvalue weighted by atomic mass is 10.4. The average molecular weight is 209 g/mol. The normalized spacial score (nSPS) is 18.1. The Kier molecular flexibility index (Phi) is 1.63. The third kappa shape index (κ3) is 2.38. The molecule has 2 nitrogen and oxygen atoms in total. The summed E-state index contributed by atoms with van der Waals surface area (Å²) in [7, 11) is 1.34. The predicted molar refractivity (Wildman–Crippen MR) is 55.3 cm³/mol. The molecular formula is C8H13ClO2S. The molecule has 1 rings (SSSR count). The van der Waals surface area contributed by atoms with Crippen LogP contribution < -0.4 is 0 Å². The molecule has 0 aliphatic heterocycles. The van der Waals surface area contributed by atoms with Crippen molar-refractivity contribution in [3.05, 3.63) is 30.3 Å². The van der Waals surface area contributed by atoms with Gasteiger partial charge in [-0.05, 0) is 22.8 Å². The van der Waals surface area contributed by atoms with E-state index in [9.17, 15) is 9.11 Å². The molecular weight excluding hydrogens is 196 g/mol. The fourth-order valence-electron chi connectivity index (χ4n) is 0.866. The van der Waals surface area contributed by atoms with Gasteiger partial charge in [-0.3, -0.25) is 0 Å². The second-order valence-corrected chi connectivity index (χ2v) is 11.9. The van der Waals surface area contributed by atoms with Gasteiger partial charge in [0.1, 0.15) is 0 Å². The van der Waals surface area contributed by atoms with Crippen molar-refractivity contribution in [1.29, 1.82) is 0 Å². The molecule has 0 aromatic heterocycles. The van der Waals surface area contributed by atoms with E-state index in [0.29, 0.717) is 4.90 Å². The molecule has 4 heteroatoms. The summed E-state index contributed by atoms with van der Waals surface area (Å²) in [6.45, 7) is 0. The lowest BCUT2D eigenvalue weighted by Gasteiger charge is -2.66. The third-order valence-electron chi connectivity index (χ3n) is 1.51. The maximum Gasteiger partial charge on any atom is 0.0392 e. The molecule has 0 saturated heterocycles. The smallest absolute Gasteiger partial charge is 0.0392 e. The molecule has 0 bridgehead atoms. The van der Waals surface area contributed by atoms with Gasteiger partial charge in [-0.15, -0.1) is 0 Å². The molecule has 0 unspecified atom stereocenters. The molecule has 0 spiro atoms. The van der Waals surface area contributed by atoms with Crippen LogP contribution in [0, 0.1) is 0 Å². The molecule has 2 N–H and O–H groups in total. The first-order valence-electron chi connectivity index (χ1n) is 3.45. The van der Waals surface area contributed by atoms with E-state index < -0.39 is 8.07 Å². The van der Waals surface area contributed by atoms with Crippen molar-refractivity contribution in [3.8, 4) is 0 Å². The van der Waals surface area contributed by atoms with Gasteiger partial charge >= 0.3 is 0 Å². The molecule has 12 heavy (non-hydrogen) atoms. The molecule has 0 atom stereocenters. The van der Waals surface area contributed by atoms with Crippen molar-refractivity contribution in [3.63, 3.8) is 0 Å². The second kappa shape index (κ2) is 1.99. The molecule has 1 aromatic carbocycles. The molecule has 0 fully saturated rings. The minimum atomic E-state index is -4.45. The van der Waals surface area contributed by atoms with Crippen LogP contribution in [-0.2, 0) is 0 Å². The SMILES string of the molecule is CS(C)(O)(O)(Cl)c1ccccc1. The van der Waals surface area contributed by atoms with E-state index in [-0.39, 0.29) is 0 Å². The van der Waals surface area contributed by atoms with Gasteiger partial charge in [0, 0.05) is 17.4 Å². The Morgan fingerprint density at radius 1 is 1.08 bits per heavy atom. The zero-order valence-corrected chi connectivity index (χ0v) is 8.64. The number of benzene rings is 1. The number of rotatable bonds is 1. The summed E-state index contributed by atoms with van der Waals surface area (Å²) >= 11 is 0. The summed E-state index contributed by atoms with van der Waals surface area (Å²) in [5, 5.41) is 0. The van der Waals surface area contributed by atoms with Crippen LogP contribution in [0.5, 0.6) is 0 Å². The van der Waals surface area contributed by atoms with Crippen LogP contribution in [0.1, 0.15) is 0 Å². The standard InChI is InChI=1S/C8H13ClO2S/c1-12(2,9,10,11)8-6-4-3-5-7-8/h3-7,10-11H,1-2H3. The summed E-state index contributed by atoms with van der Waals surface area (Å²) in [6.07, 6.45) is 2.52. The average Bonchev–Trinajstić information content (AvgIpc) is 1.85. The van der Waals surface area contributed by atoms with Crippen LogP contribution in [0.15, 0.2) is 35.2 Å². The lowest BCUT2D eigenvalue weighted by Crippen LogP contribution is -2.25. The van der Waals surface area contributed by atoms with E-state index in [0.717, 1.165) is 0 Å². The summed E-state index contributed by atoms with van der Waals surface area (Å²) < 4.78 is 19.7. The summed E-state index contributed by atoms with van der Waals surface area (Å²) in [5.74, 6) is 0. The molecule has 0 aliphatic carbocycles. The van der Waals surface area contributed by atoms with E-state index >= 15 is 0 Å². The van der Waals surface area contributed by atoms with Crippen LogP contribution >= 0.6 is 18.8 Å². The first-order chi connectivity index (χ1) is 5.09. The van der Waals surface area contributed by atoms with Gasteiger partial charge in [0.25, 0.3) is 0 Å². The summed E-state index contributed by atoms with van der Waals surface area (Å²) in [6, 6.07) is 8.45. The van der Waals surface area contributed by atoms with Crippen molar-refractivity contribution in [2.24, 2.45) is 0 Å². The topological polar surface area (TPSA) is 40.5 Å². The van der Waals surface area contributed by atoms with Gasteiger partial charge in [-0.25, -0.2) is 8.07 Å². The van der Waals surface area contributed by atoms with Crippen molar-refractivity contribution in [1.82, 2.24) is 0 Å². The number of halogens is 1. The Labute approximate surface area is 76.0 Å². The Balaban J connectivity index is 3.36. The number of hydrogen-bond acceptors (Lipinski definition) is 2. The number of hydrogen-bond donors (Lipinski definition) is 2. The molecule has 0 radical (unpaired) electrons. The fraction of sp³-hybridized carbons (Fsp3) is 0.250. The highest BCUT2D eigenvalue weighted by molar-refractivity contribution is 8.71. The summed E-state index contributed by atoms with van der Waals surface area (Å²) in [5.41, 5.74) is 0. The molecule has 0 amide bonds. The molecule has 0 saturated carbocycles. The largest absolute Gasteiger partial charge is 0.312 e. The Bertz CT molecular complexity index is 286. The zero-order valence-electron chi connectivity index (χ0n) is 7.07. The Morgan fingerprint density at radius 3 is 1.75 bits per heavy atom. The summed E-state index contributed by atoms with van der Waals surface area (Å²) in [4.78, 5) is 0.360. The molecule has 70 valence electrons. The first kappa shape index (κ1) is 9.86. The fourth-order valence-corrected chi connectivity index (χ4v) is 2.22. The second-order valence-electron chi connectivity index (χ2n) is 3.65. The van der Waals surface area contributed by atoms with Crippen molar-refractivity contribution in [2.75, 3.05) is 12.5 Å². The molecule has 0 aliphatic rings. The van der Waals surface area contributed by atoms with E-state index in [1.54, 1.807) is 30.3 Å². The van der Waals surface area contributed by atoms with Gasteiger partial charge in [0.05, 0.1) is 0 Å². The first-order valence-corrected chi connectivity index (χ1v) is 7.46. The van der Waals surface area contributed by atoms with Crippen LogP contribution in [0.25, 0.3) is 0 Å². The van der Waals surface area contributed by atoms with Gasteiger partial charge in [0.2, 0.25) is 0 Å². The van der Waals surface area contributed by atoms with Crippen LogP contribution in [0.3, 0.4) is 0 Å². The van der Waals surface area contributed by atoms with E-state index in [4.69, 9.17) is 10.7 Å². The highest BCUT2D eigenvalue weighted by Gasteiger charge is 2.38. The van der Waals surface area contributed by atoms with E-state index in [1.807, 2.05) is 0 Å². The highest BCUT2D eigenvalue weighted by Crippen LogP contribution is 2.87. The minimum Gasteiger partial charge on any atom is -0.312 e. The highest BCUT2D eigenvalue weighted by atomic mass is 35.7. The lowest BCUT2D eigenvalue weighted by molar-refractivity contribution is 0.461. The third-order valence-corrected chi connectivity index (χ3v) is 3.86. The zero-order chi connectivity index (χ0) is 9.52. The van der Waals surface area contributed by atoms with Crippen molar-refractivity contribution in [2.45, 2.75) is 4.90 Å². The van der Waals surface area contributed by atoms with E-state index in [2.05, 4.69) is 0 Å². The van der Waals surface area contributed by atoms with Gasteiger partial charge in [0.15, 0.2) is 0 Å². The monoisotopic (exact) mass is 208 g/mol. The van der Waals surface area contributed by atoms with Crippen molar-refractivity contribution >= 4 is 18.8 Å². The maximum absolute atomic E-state index is 9.86. The van der Waals surface area contributed by atoms with Crippen molar-refractivity contribution < 1.29 is 9.11 Å². The maximum atomic E-state index is 9.86. The molecule has 1 aromatic rings. The van der Waals surface area contributed by atoms with Crippen LogP contribution in [-0.4, -0.2) is 21.6 Å². The van der Waals surface area contributed by atoms with Gasteiger partial charge < -0.3 is 9.11 Å². The van der Waals surface area contributed by atoms with Gasteiger partial charge in [-0.1, -0.05) is 18.2 Å². The Hall–Kier alpha value is -0.220. The van der Waals surface area contributed by atoms with E-state index in [1.165, 1.54) is 12.5 Å². The molecule has 0 heterocycles.